The summed E-state index contributed by atoms with van der Waals surface area (Å²) in [6.07, 6.45) is 5.79. The average Bonchev–Trinajstić information content (AvgIpc) is 2.37. The van der Waals surface area contributed by atoms with Crippen molar-refractivity contribution in [1.82, 2.24) is 14.9 Å². The monoisotopic (exact) mass is 165 g/mol. The van der Waals surface area contributed by atoms with Crippen LogP contribution < -0.4 is 5.32 Å². The van der Waals surface area contributed by atoms with Crippen molar-refractivity contribution in [3.63, 3.8) is 0 Å². The highest BCUT2D eigenvalue weighted by molar-refractivity contribution is 5.48. The normalized spacial score (nSPS) is 12.1. The van der Waals surface area contributed by atoms with Crippen molar-refractivity contribution in [3.8, 4) is 0 Å². The highest BCUT2D eigenvalue weighted by Crippen LogP contribution is 2.03. The van der Waals surface area contributed by atoms with Crippen molar-refractivity contribution >= 4 is 6.08 Å². The second kappa shape index (κ2) is 4.07. The van der Waals surface area contributed by atoms with Crippen LogP contribution in [0.25, 0.3) is 6.08 Å². The molecule has 0 atom stereocenters. The molecule has 0 fully saturated rings. The van der Waals surface area contributed by atoms with Crippen molar-refractivity contribution < 1.29 is 0 Å². The van der Waals surface area contributed by atoms with E-state index in [9.17, 15) is 0 Å². The number of hydrogen-bond donors (Lipinski definition) is 1. The summed E-state index contributed by atoms with van der Waals surface area (Å²) in [4.78, 5) is 4.03. The molecule has 0 aliphatic rings. The summed E-state index contributed by atoms with van der Waals surface area (Å²) in [6, 6.07) is 0. The molecule has 0 aliphatic heterocycles. The molecular formula is C9H15N3. The van der Waals surface area contributed by atoms with Gasteiger partial charge in [0.1, 0.15) is 0 Å². The molecule has 1 aromatic heterocycles. The van der Waals surface area contributed by atoms with E-state index in [1.54, 1.807) is 6.33 Å². The van der Waals surface area contributed by atoms with Gasteiger partial charge in [0.25, 0.3) is 0 Å². The Kier molecular flexibility index (Phi) is 3.05. The Bertz CT molecular complexity index is 273. The molecule has 1 rings (SSSR count). The molecule has 0 bridgehead atoms. The Balaban J connectivity index is 2.73. The van der Waals surface area contributed by atoms with Gasteiger partial charge in [-0.05, 0) is 20.0 Å². The van der Waals surface area contributed by atoms with Crippen molar-refractivity contribution in [2.45, 2.75) is 6.92 Å². The minimum Gasteiger partial charge on any atom is -0.334 e. The molecule has 3 nitrogen and oxygen atoms in total. The number of nitrogens with one attached hydrogen (secondary N) is 1. The SMILES string of the molecule is CNC/C(C)=C/c1cncn1C. The molecule has 1 heterocycles. The minimum absolute atomic E-state index is 0.922. The second-order valence-electron chi connectivity index (χ2n) is 2.95. The Morgan fingerprint density at radius 2 is 2.50 bits per heavy atom. The topological polar surface area (TPSA) is 29.9 Å². The van der Waals surface area contributed by atoms with Crippen LogP contribution >= 0.6 is 0 Å². The Morgan fingerprint density at radius 1 is 1.75 bits per heavy atom. The molecular weight excluding hydrogens is 150 g/mol. The van der Waals surface area contributed by atoms with Crippen LogP contribution in [0.1, 0.15) is 12.6 Å². The maximum Gasteiger partial charge on any atom is 0.0948 e. The predicted molar refractivity (Wildman–Crippen MR) is 50.8 cm³/mol. The molecule has 12 heavy (non-hydrogen) atoms. The molecule has 0 spiro atoms. The zero-order valence-corrected chi connectivity index (χ0v) is 7.83. The highest BCUT2D eigenvalue weighted by atomic mass is 15.0. The number of aromatic nitrogens is 2. The maximum atomic E-state index is 4.03. The van der Waals surface area contributed by atoms with Gasteiger partial charge < -0.3 is 9.88 Å². The maximum absolute atomic E-state index is 4.03. The molecule has 0 amide bonds. The van der Waals surface area contributed by atoms with E-state index in [1.807, 2.05) is 24.9 Å². The lowest BCUT2D eigenvalue weighted by Gasteiger charge is -1.99. The number of imidazole rings is 1. The Labute approximate surface area is 73.1 Å². The van der Waals surface area contributed by atoms with Gasteiger partial charge in [-0.25, -0.2) is 4.98 Å². The minimum atomic E-state index is 0.922. The van der Waals surface area contributed by atoms with E-state index in [1.165, 1.54) is 5.57 Å². The summed E-state index contributed by atoms with van der Waals surface area (Å²) in [5.74, 6) is 0. The van der Waals surface area contributed by atoms with Gasteiger partial charge >= 0.3 is 0 Å². The van der Waals surface area contributed by atoms with Crippen LogP contribution in [0, 0.1) is 0 Å². The Hall–Kier alpha value is -1.09. The summed E-state index contributed by atoms with van der Waals surface area (Å²) in [6.45, 7) is 3.02. The fourth-order valence-corrected chi connectivity index (χ4v) is 1.09. The van der Waals surface area contributed by atoms with Crippen LogP contribution in [0.15, 0.2) is 18.1 Å². The van der Waals surface area contributed by atoms with E-state index in [2.05, 4.69) is 23.3 Å². The van der Waals surface area contributed by atoms with Gasteiger partial charge in [0.15, 0.2) is 0 Å². The number of aryl methyl sites for hydroxylation is 1. The zero-order chi connectivity index (χ0) is 8.97. The molecule has 66 valence electrons. The van der Waals surface area contributed by atoms with Crippen molar-refractivity contribution in [2.75, 3.05) is 13.6 Å². The smallest absolute Gasteiger partial charge is 0.0948 e. The molecule has 0 saturated heterocycles. The van der Waals surface area contributed by atoms with Gasteiger partial charge in [-0.15, -0.1) is 0 Å². The summed E-state index contributed by atoms with van der Waals surface area (Å²) in [5.41, 5.74) is 2.45. The second-order valence-corrected chi connectivity index (χ2v) is 2.95. The number of nitrogens with zero attached hydrogens (tertiary/aromatic N) is 2. The van der Waals surface area contributed by atoms with E-state index in [0.29, 0.717) is 0 Å². The molecule has 0 aliphatic carbocycles. The van der Waals surface area contributed by atoms with Crippen LogP contribution in [0.2, 0.25) is 0 Å². The lowest BCUT2D eigenvalue weighted by atomic mass is 10.2. The zero-order valence-electron chi connectivity index (χ0n) is 7.83. The fraction of sp³-hybridized carbons (Fsp3) is 0.444. The van der Waals surface area contributed by atoms with Gasteiger partial charge in [-0.1, -0.05) is 5.57 Å². The summed E-state index contributed by atoms with van der Waals surface area (Å²) >= 11 is 0. The van der Waals surface area contributed by atoms with Crippen LogP contribution in [-0.4, -0.2) is 23.1 Å². The third-order valence-electron chi connectivity index (χ3n) is 1.70. The third-order valence-corrected chi connectivity index (χ3v) is 1.70. The van der Waals surface area contributed by atoms with Gasteiger partial charge in [0.05, 0.1) is 18.2 Å². The third kappa shape index (κ3) is 2.20. The summed E-state index contributed by atoms with van der Waals surface area (Å²) in [7, 11) is 3.94. The molecule has 3 heteroatoms. The van der Waals surface area contributed by atoms with Gasteiger partial charge in [-0.3, -0.25) is 0 Å². The van der Waals surface area contributed by atoms with E-state index in [0.717, 1.165) is 12.2 Å². The van der Waals surface area contributed by atoms with Crippen molar-refractivity contribution in [1.29, 1.82) is 0 Å². The lowest BCUT2D eigenvalue weighted by Crippen LogP contribution is -2.08. The lowest BCUT2D eigenvalue weighted by molar-refractivity contribution is 0.875. The molecule has 1 aromatic rings. The number of likely N-dealkylation sites (N-methyl/N-ethyl adjacent to an activating group) is 1. The number of hydrogen-bond acceptors (Lipinski definition) is 2. The molecule has 0 unspecified atom stereocenters. The first-order valence-corrected chi connectivity index (χ1v) is 4.02. The van der Waals surface area contributed by atoms with Crippen molar-refractivity contribution in [2.24, 2.45) is 7.05 Å². The molecule has 0 radical (unpaired) electrons. The number of rotatable bonds is 3. The van der Waals surface area contributed by atoms with Crippen LogP contribution in [0.3, 0.4) is 0 Å². The first kappa shape index (κ1) is 9.00. The van der Waals surface area contributed by atoms with Crippen LogP contribution in [0.4, 0.5) is 0 Å². The summed E-state index contributed by atoms with van der Waals surface area (Å²) < 4.78 is 2.00. The van der Waals surface area contributed by atoms with Gasteiger partial charge in [0, 0.05) is 13.6 Å². The quantitative estimate of drug-likeness (QED) is 0.725. The van der Waals surface area contributed by atoms with Crippen LogP contribution in [0.5, 0.6) is 0 Å². The van der Waals surface area contributed by atoms with Gasteiger partial charge in [0.2, 0.25) is 0 Å². The van der Waals surface area contributed by atoms with E-state index >= 15 is 0 Å². The predicted octanol–water partition coefficient (Wildman–Crippen LogP) is 1.04. The van der Waals surface area contributed by atoms with E-state index in [-0.39, 0.29) is 0 Å². The molecule has 1 N–H and O–H groups in total. The first-order valence-electron chi connectivity index (χ1n) is 4.02. The Morgan fingerprint density at radius 3 is 3.00 bits per heavy atom. The van der Waals surface area contributed by atoms with Crippen LogP contribution in [-0.2, 0) is 7.05 Å². The largest absolute Gasteiger partial charge is 0.334 e. The highest BCUT2D eigenvalue weighted by Gasteiger charge is 1.93. The van der Waals surface area contributed by atoms with E-state index < -0.39 is 0 Å². The molecule has 0 saturated carbocycles. The first-order chi connectivity index (χ1) is 5.74. The fourth-order valence-electron chi connectivity index (χ4n) is 1.09. The van der Waals surface area contributed by atoms with Gasteiger partial charge in [-0.2, -0.15) is 0 Å². The average molecular weight is 165 g/mol. The van der Waals surface area contributed by atoms with E-state index in [4.69, 9.17) is 0 Å². The standard InChI is InChI=1S/C9H15N3/c1-8(5-10-2)4-9-6-11-7-12(9)3/h4,6-7,10H,5H2,1-3H3/b8-4+. The summed E-state index contributed by atoms with van der Waals surface area (Å²) in [5, 5.41) is 3.10. The van der Waals surface area contributed by atoms with Crippen molar-refractivity contribution in [3.05, 3.63) is 23.8 Å². The molecule has 0 aromatic carbocycles.